The zero-order valence-electron chi connectivity index (χ0n) is 13.3. The van der Waals surface area contributed by atoms with Crippen molar-refractivity contribution in [1.29, 1.82) is 0 Å². The standard InChI is InChI=1S/C17H29NO2/c1-5-12-18-15(14(2)3)9-8-13-20-17-11-7-6-10-16(17)19-4/h6-7,10-11,14-15,18H,5,8-9,12-13H2,1-4H3. The minimum atomic E-state index is 0.580. The van der Waals surface area contributed by atoms with Crippen molar-refractivity contribution in [3.8, 4) is 11.5 Å². The van der Waals surface area contributed by atoms with E-state index in [1.807, 2.05) is 24.3 Å². The Hall–Kier alpha value is -1.22. The van der Waals surface area contributed by atoms with Crippen LogP contribution < -0.4 is 14.8 Å². The number of methoxy groups -OCH3 is 1. The lowest BCUT2D eigenvalue weighted by Crippen LogP contribution is -2.34. The lowest BCUT2D eigenvalue weighted by molar-refractivity contribution is 0.268. The molecule has 0 bridgehead atoms. The van der Waals surface area contributed by atoms with E-state index >= 15 is 0 Å². The summed E-state index contributed by atoms with van der Waals surface area (Å²) in [6, 6.07) is 8.38. The number of hydrogen-bond donors (Lipinski definition) is 1. The average molecular weight is 279 g/mol. The summed E-state index contributed by atoms with van der Waals surface area (Å²) in [5, 5.41) is 3.61. The Balaban J connectivity index is 2.32. The Kier molecular flexibility index (Phi) is 8.12. The van der Waals surface area contributed by atoms with E-state index in [0.717, 1.165) is 37.5 Å². The summed E-state index contributed by atoms with van der Waals surface area (Å²) in [5.74, 6) is 2.29. The molecule has 114 valence electrons. The maximum atomic E-state index is 5.81. The van der Waals surface area contributed by atoms with Crippen LogP contribution in [0.25, 0.3) is 0 Å². The summed E-state index contributed by atoms with van der Waals surface area (Å²) in [6.45, 7) is 8.58. The van der Waals surface area contributed by atoms with Gasteiger partial charge >= 0.3 is 0 Å². The molecule has 1 rings (SSSR count). The van der Waals surface area contributed by atoms with Crippen LogP contribution in [-0.4, -0.2) is 26.3 Å². The molecule has 0 saturated heterocycles. The number of para-hydroxylation sites is 2. The first-order valence-corrected chi connectivity index (χ1v) is 7.68. The normalized spacial score (nSPS) is 12.4. The molecule has 0 saturated carbocycles. The Morgan fingerprint density at radius 3 is 2.45 bits per heavy atom. The van der Waals surface area contributed by atoms with Gasteiger partial charge in [0.2, 0.25) is 0 Å². The second-order valence-electron chi connectivity index (χ2n) is 5.45. The molecule has 0 aliphatic rings. The Bertz CT molecular complexity index is 366. The van der Waals surface area contributed by atoms with Gasteiger partial charge in [-0.15, -0.1) is 0 Å². The van der Waals surface area contributed by atoms with Crippen LogP contribution in [0.5, 0.6) is 11.5 Å². The predicted molar refractivity (Wildman–Crippen MR) is 84.6 cm³/mol. The molecule has 3 heteroatoms. The first kappa shape index (κ1) is 16.8. The third-order valence-electron chi connectivity index (χ3n) is 3.45. The molecule has 0 aromatic heterocycles. The lowest BCUT2D eigenvalue weighted by Gasteiger charge is -2.22. The van der Waals surface area contributed by atoms with E-state index in [-0.39, 0.29) is 0 Å². The van der Waals surface area contributed by atoms with Crippen molar-refractivity contribution in [3.63, 3.8) is 0 Å². The van der Waals surface area contributed by atoms with Gasteiger partial charge in [0, 0.05) is 6.04 Å². The summed E-state index contributed by atoms with van der Waals surface area (Å²) in [5.41, 5.74) is 0. The summed E-state index contributed by atoms with van der Waals surface area (Å²) < 4.78 is 11.1. The van der Waals surface area contributed by atoms with Gasteiger partial charge in [0.15, 0.2) is 11.5 Å². The van der Waals surface area contributed by atoms with E-state index < -0.39 is 0 Å². The van der Waals surface area contributed by atoms with Crippen molar-refractivity contribution in [2.24, 2.45) is 5.92 Å². The highest BCUT2D eigenvalue weighted by Gasteiger charge is 2.12. The van der Waals surface area contributed by atoms with Crippen LogP contribution in [0.2, 0.25) is 0 Å². The topological polar surface area (TPSA) is 30.5 Å². The number of benzene rings is 1. The lowest BCUT2D eigenvalue weighted by atomic mass is 9.99. The van der Waals surface area contributed by atoms with Crippen LogP contribution in [0.4, 0.5) is 0 Å². The maximum absolute atomic E-state index is 5.81. The van der Waals surface area contributed by atoms with Crippen molar-refractivity contribution < 1.29 is 9.47 Å². The van der Waals surface area contributed by atoms with Crippen LogP contribution in [0, 0.1) is 5.92 Å². The van der Waals surface area contributed by atoms with Crippen LogP contribution in [0.3, 0.4) is 0 Å². The fourth-order valence-corrected chi connectivity index (χ4v) is 2.22. The van der Waals surface area contributed by atoms with Crippen molar-refractivity contribution in [2.75, 3.05) is 20.3 Å². The van der Waals surface area contributed by atoms with Gasteiger partial charge in [-0.2, -0.15) is 0 Å². The summed E-state index contributed by atoms with van der Waals surface area (Å²) in [6.07, 6.45) is 3.38. The van der Waals surface area contributed by atoms with Crippen molar-refractivity contribution in [3.05, 3.63) is 24.3 Å². The molecule has 1 unspecified atom stereocenters. The molecule has 0 aliphatic carbocycles. The molecule has 3 nitrogen and oxygen atoms in total. The highest BCUT2D eigenvalue weighted by molar-refractivity contribution is 5.39. The third-order valence-corrected chi connectivity index (χ3v) is 3.45. The van der Waals surface area contributed by atoms with E-state index in [2.05, 4.69) is 26.1 Å². The second-order valence-corrected chi connectivity index (χ2v) is 5.45. The van der Waals surface area contributed by atoms with Crippen molar-refractivity contribution >= 4 is 0 Å². The average Bonchev–Trinajstić information content (AvgIpc) is 2.46. The van der Waals surface area contributed by atoms with Gasteiger partial charge < -0.3 is 14.8 Å². The molecule has 1 atom stereocenters. The van der Waals surface area contributed by atoms with Crippen LogP contribution >= 0.6 is 0 Å². The highest BCUT2D eigenvalue weighted by Crippen LogP contribution is 2.26. The summed E-state index contributed by atoms with van der Waals surface area (Å²) in [7, 11) is 1.67. The van der Waals surface area contributed by atoms with E-state index in [9.17, 15) is 0 Å². The second kappa shape index (κ2) is 9.65. The van der Waals surface area contributed by atoms with Crippen molar-refractivity contribution in [1.82, 2.24) is 5.32 Å². The van der Waals surface area contributed by atoms with E-state index in [4.69, 9.17) is 9.47 Å². The minimum Gasteiger partial charge on any atom is -0.493 e. The Morgan fingerprint density at radius 1 is 1.15 bits per heavy atom. The van der Waals surface area contributed by atoms with E-state index in [1.54, 1.807) is 7.11 Å². The molecule has 0 aliphatic heterocycles. The molecule has 0 spiro atoms. The van der Waals surface area contributed by atoms with Gasteiger partial charge in [-0.3, -0.25) is 0 Å². The van der Waals surface area contributed by atoms with Gasteiger partial charge in [0.05, 0.1) is 13.7 Å². The number of ether oxygens (including phenoxy) is 2. The largest absolute Gasteiger partial charge is 0.493 e. The molecule has 1 aromatic rings. The zero-order valence-corrected chi connectivity index (χ0v) is 13.3. The smallest absolute Gasteiger partial charge is 0.161 e. The van der Waals surface area contributed by atoms with Crippen molar-refractivity contribution in [2.45, 2.75) is 46.1 Å². The fraction of sp³-hybridized carbons (Fsp3) is 0.647. The van der Waals surface area contributed by atoms with Gasteiger partial charge in [0.25, 0.3) is 0 Å². The molecule has 1 aromatic carbocycles. The monoisotopic (exact) mass is 279 g/mol. The van der Waals surface area contributed by atoms with Crippen LogP contribution in [-0.2, 0) is 0 Å². The van der Waals surface area contributed by atoms with Gasteiger partial charge in [-0.05, 0) is 43.9 Å². The summed E-state index contributed by atoms with van der Waals surface area (Å²) >= 11 is 0. The first-order valence-electron chi connectivity index (χ1n) is 7.68. The maximum Gasteiger partial charge on any atom is 0.161 e. The molecular weight excluding hydrogens is 250 g/mol. The Morgan fingerprint density at radius 2 is 1.85 bits per heavy atom. The third kappa shape index (κ3) is 5.83. The van der Waals surface area contributed by atoms with Gasteiger partial charge in [0.1, 0.15) is 0 Å². The first-order chi connectivity index (χ1) is 9.69. The van der Waals surface area contributed by atoms with Crippen LogP contribution in [0.15, 0.2) is 24.3 Å². The van der Waals surface area contributed by atoms with E-state index in [0.29, 0.717) is 12.0 Å². The quantitative estimate of drug-likeness (QED) is 0.659. The molecule has 0 amide bonds. The molecular formula is C17H29NO2. The Labute approximate surface area is 123 Å². The SMILES string of the molecule is CCCNC(CCCOc1ccccc1OC)C(C)C. The number of rotatable bonds is 10. The van der Waals surface area contributed by atoms with Crippen LogP contribution in [0.1, 0.15) is 40.0 Å². The van der Waals surface area contributed by atoms with Gasteiger partial charge in [-0.25, -0.2) is 0 Å². The van der Waals surface area contributed by atoms with E-state index in [1.165, 1.54) is 6.42 Å². The summed E-state index contributed by atoms with van der Waals surface area (Å²) in [4.78, 5) is 0. The molecule has 1 N–H and O–H groups in total. The molecule has 0 fully saturated rings. The minimum absolute atomic E-state index is 0.580. The number of nitrogens with one attached hydrogen (secondary N) is 1. The predicted octanol–water partition coefficient (Wildman–Crippen LogP) is 3.88. The zero-order chi connectivity index (χ0) is 14.8. The van der Waals surface area contributed by atoms with Gasteiger partial charge in [-0.1, -0.05) is 32.9 Å². The fourth-order valence-electron chi connectivity index (χ4n) is 2.22. The number of hydrogen-bond acceptors (Lipinski definition) is 3. The molecule has 20 heavy (non-hydrogen) atoms. The molecule has 0 radical (unpaired) electrons. The highest BCUT2D eigenvalue weighted by atomic mass is 16.5. The molecule has 0 heterocycles.